The third-order valence-electron chi connectivity index (χ3n) is 3.97. The highest BCUT2D eigenvalue weighted by Crippen LogP contribution is 2.28. The quantitative estimate of drug-likeness (QED) is 0.422. The molecular formula is C22H21N5O2S2. The maximum atomic E-state index is 12.5. The van der Waals surface area contributed by atoms with Gasteiger partial charge in [-0.05, 0) is 62.7 Å². The minimum atomic E-state index is -0.333. The Morgan fingerprint density at radius 3 is 2.19 bits per heavy atom. The molecule has 31 heavy (non-hydrogen) atoms. The highest BCUT2D eigenvalue weighted by molar-refractivity contribution is 8.00. The number of aromatic nitrogens is 2. The summed E-state index contributed by atoms with van der Waals surface area (Å²) in [5.41, 5.74) is 2.27. The first kappa shape index (κ1) is 22.5. The molecule has 7 nitrogen and oxygen atoms in total. The molecule has 0 unspecified atom stereocenters. The van der Waals surface area contributed by atoms with Gasteiger partial charge < -0.3 is 5.32 Å². The summed E-state index contributed by atoms with van der Waals surface area (Å²) in [7, 11) is 0. The van der Waals surface area contributed by atoms with Crippen LogP contribution >= 0.6 is 23.1 Å². The van der Waals surface area contributed by atoms with Crippen LogP contribution < -0.4 is 10.6 Å². The number of rotatable bonds is 6. The lowest BCUT2D eigenvalue weighted by Crippen LogP contribution is -2.40. The summed E-state index contributed by atoms with van der Waals surface area (Å²) in [5, 5.41) is 23.0. The van der Waals surface area contributed by atoms with Crippen LogP contribution in [-0.2, 0) is 5.75 Å². The van der Waals surface area contributed by atoms with Gasteiger partial charge in [0.25, 0.3) is 11.8 Å². The minimum Gasteiger partial charge on any atom is -0.347 e. The number of hydrogen-bond donors (Lipinski definition) is 2. The van der Waals surface area contributed by atoms with Crippen molar-refractivity contribution in [3.8, 4) is 6.07 Å². The molecule has 0 aliphatic heterocycles. The maximum absolute atomic E-state index is 12.5. The summed E-state index contributed by atoms with van der Waals surface area (Å²) in [5.74, 6) is 0.182. The van der Waals surface area contributed by atoms with Crippen LogP contribution in [0, 0.1) is 11.3 Å². The van der Waals surface area contributed by atoms with Crippen molar-refractivity contribution < 1.29 is 9.59 Å². The van der Waals surface area contributed by atoms with Crippen molar-refractivity contribution in [3.63, 3.8) is 0 Å². The monoisotopic (exact) mass is 451 g/mol. The standard InChI is InChI=1S/C22H21N5O2S2/c1-22(2,3)25-19(29)17-10-8-16(9-11-17)18(28)24-20-26-27-21(31-20)30-13-15-6-4-14(12-23)5-7-15/h4-11H,13H2,1-3H3,(H,25,29)(H,24,26,28). The predicted octanol–water partition coefficient (Wildman–Crippen LogP) is 4.48. The molecule has 0 aliphatic carbocycles. The zero-order valence-electron chi connectivity index (χ0n) is 17.3. The van der Waals surface area contributed by atoms with Crippen molar-refractivity contribution in [1.82, 2.24) is 15.5 Å². The molecule has 0 fully saturated rings. The summed E-state index contributed by atoms with van der Waals surface area (Å²) >= 11 is 2.80. The van der Waals surface area contributed by atoms with Gasteiger partial charge in [0, 0.05) is 22.4 Å². The third-order valence-corrected chi connectivity index (χ3v) is 6.01. The van der Waals surface area contributed by atoms with E-state index in [0.29, 0.717) is 27.6 Å². The van der Waals surface area contributed by atoms with Crippen LogP contribution in [0.1, 0.15) is 52.6 Å². The highest BCUT2D eigenvalue weighted by Gasteiger charge is 2.16. The Morgan fingerprint density at radius 1 is 1.00 bits per heavy atom. The second-order valence-corrected chi connectivity index (χ2v) is 9.91. The van der Waals surface area contributed by atoms with Crippen LogP contribution in [0.3, 0.4) is 0 Å². The fourth-order valence-corrected chi connectivity index (χ4v) is 4.20. The number of hydrogen-bond acceptors (Lipinski definition) is 7. The molecule has 2 amide bonds. The fraction of sp³-hybridized carbons (Fsp3) is 0.227. The van der Waals surface area contributed by atoms with E-state index < -0.39 is 0 Å². The van der Waals surface area contributed by atoms with E-state index in [9.17, 15) is 9.59 Å². The first-order chi connectivity index (χ1) is 14.7. The Morgan fingerprint density at radius 2 is 1.61 bits per heavy atom. The van der Waals surface area contributed by atoms with E-state index in [1.54, 1.807) is 36.4 Å². The molecular weight excluding hydrogens is 430 g/mol. The molecule has 2 aromatic carbocycles. The van der Waals surface area contributed by atoms with Crippen molar-refractivity contribution in [2.45, 2.75) is 36.4 Å². The van der Waals surface area contributed by atoms with Crippen LogP contribution in [0.15, 0.2) is 52.9 Å². The number of carbonyl (C=O) groups excluding carboxylic acids is 2. The van der Waals surface area contributed by atoms with E-state index in [0.717, 1.165) is 9.90 Å². The Hall–Kier alpha value is -3.22. The second-order valence-electron chi connectivity index (χ2n) is 7.71. The summed E-state index contributed by atoms with van der Waals surface area (Å²) < 4.78 is 0.730. The SMILES string of the molecule is CC(C)(C)NC(=O)c1ccc(C(=O)Nc2nnc(SCc3ccc(C#N)cc3)s2)cc1. The molecule has 0 bridgehead atoms. The van der Waals surface area contributed by atoms with Crippen LogP contribution in [0.25, 0.3) is 0 Å². The largest absolute Gasteiger partial charge is 0.347 e. The fourth-order valence-electron chi connectivity index (χ4n) is 2.49. The lowest BCUT2D eigenvalue weighted by Gasteiger charge is -2.20. The van der Waals surface area contributed by atoms with Crippen molar-refractivity contribution in [1.29, 1.82) is 5.26 Å². The molecule has 158 valence electrons. The molecule has 0 saturated heterocycles. The summed E-state index contributed by atoms with van der Waals surface area (Å²) in [4.78, 5) is 24.7. The van der Waals surface area contributed by atoms with Crippen LogP contribution in [0.4, 0.5) is 5.13 Å². The van der Waals surface area contributed by atoms with Gasteiger partial charge >= 0.3 is 0 Å². The van der Waals surface area contributed by atoms with Gasteiger partial charge in [-0.3, -0.25) is 14.9 Å². The lowest BCUT2D eigenvalue weighted by atomic mass is 10.1. The number of anilines is 1. The maximum Gasteiger partial charge on any atom is 0.257 e. The van der Waals surface area contributed by atoms with Crippen LogP contribution in [-0.4, -0.2) is 27.6 Å². The molecule has 3 aromatic rings. The summed E-state index contributed by atoms with van der Waals surface area (Å²) in [6, 6.07) is 15.9. The average Bonchev–Trinajstić information content (AvgIpc) is 3.18. The Labute approximate surface area is 188 Å². The number of nitrogens with zero attached hydrogens (tertiary/aromatic N) is 3. The van der Waals surface area contributed by atoms with Crippen molar-refractivity contribution in [2.75, 3.05) is 5.32 Å². The summed E-state index contributed by atoms with van der Waals surface area (Å²) in [6.07, 6.45) is 0. The smallest absolute Gasteiger partial charge is 0.257 e. The number of nitrogens with one attached hydrogen (secondary N) is 2. The van der Waals surface area contributed by atoms with Gasteiger partial charge in [-0.1, -0.05) is 35.2 Å². The van der Waals surface area contributed by atoms with Gasteiger partial charge in [-0.15, -0.1) is 10.2 Å². The van der Waals surface area contributed by atoms with E-state index in [2.05, 4.69) is 26.9 Å². The topological polar surface area (TPSA) is 108 Å². The van der Waals surface area contributed by atoms with E-state index >= 15 is 0 Å². The zero-order chi connectivity index (χ0) is 22.4. The molecule has 0 atom stereocenters. The van der Waals surface area contributed by atoms with Crippen LogP contribution in [0.2, 0.25) is 0 Å². The number of benzene rings is 2. The predicted molar refractivity (Wildman–Crippen MR) is 122 cm³/mol. The van der Waals surface area contributed by atoms with Crippen molar-refractivity contribution in [3.05, 3.63) is 70.8 Å². The molecule has 9 heteroatoms. The normalized spacial score (nSPS) is 10.9. The number of carbonyl (C=O) groups is 2. The van der Waals surface area contributed by atoms with Gasteiger partial charge in [0.2, 0.25) is 5.13 Å². The first-order valence-corrected chi connectivity index (χ1v) is 11.2. The van der Waals surface area contributed by atoms with Gasteiger partial charge in [0.05, 0.1) is 11.6 Å². The molecule has 0 saturated carbocycles. The Kier molecular flexibility index (Phi) is 7.05. The second kappa shape index (κ2) is 9.73. The average molecular weight is 452 g/mol. The molecule has 3 rings (SSSR count). The molecule has 1 aromatic heterocycles. The molecule has 0 spiro atoms. The minimum absolute atomic E-state index is 0.187. The Balaban J connectivity index is 1.55. The molecule has 2 N–H and O–H groups in total. The highest BCUT2D eigenvalue weighted by atomic mass is 32.2. The Bertz CT molecular complexity index is 1110. The molecule has 0 aliphatic rings. The van der Waals surface area contributed by atoms with Crippen molar-refractivity contribution in [2.24, 2.45) is 0 Å². The molecule has 0 radical (unpaired) electrons. The lowest BCUT2D eigenvalue weighted by molar-refractivity contribution is 0.0918. The van der Waals surface area contributed by atoms with Crippen LogP contribution in [0.5, 0.6) is 0 Å². The first-order valence-electron chi connectivity index (χ1n) is 9.43. The van der Waals surface area contributed by atoms with E-state index in [4.69, 9.17) is 5.26 Å². The van der Waals surface area contributed by atoms with Gasteiger partial charge in [-0.25, -0.2) is 0 Å². The number of nitriles is 1. The van der Waals surface area contributed by atoms with Gasteiger partial charge in [0.1, 0.15) is 0 Å². The van der Waals surface area contributed by atoms with E-state index in [1.165, 1.54) is 23.1 Å². The zero-order valence-corrected chi connectivity index (χ0v) is 18.9. The number of thioether (sulfide) groups is 1. The number of amides is 2. The molecule has 1 heterocycles. The van der Waals surface area contributed by atoms with Crippen molar-refractivity contribution >= 4 is 40.0 Å². The third kappa shape index (κ3) is 6.64. The summed E-state index contributed by atoms with van der Waals surface area (Å²) in [6.45, 7) is 5.73. The van der Waals surface area contributed by atoms with E-state index in [-0.39, 0.29) is 17.4 Å². The van der Waals surface area contributed by atoms with E-state index in [1.807, 2.05) is 32.9 Å². The van der Waals surface area contributed by atoms with Gasteiger partial charge in [-0.2, -0.15) is 5.26 Å². The van der Waals surface area contributed by atoms with Gasteiger partial charge in [0.15, 0.2) is 4.34 Å².